The molecule has 0 aliphatic carbocycles. The van der Waals surface area contributed by atoms with E-state index in [4.69, 9.17) is 0 Å². The number of carbonyl (C=O) groups is 2. The standard InChI is InChI=1S/C21H21N5O2/c1-16-6-8-17(9-7-16)12-24-10-11-25(13-20(24)27)21(28)18-4-2-3-5-19(18)26-15-22-14-23-26/h2-9,14-15H,10-13H2,1H3. The van der Waals surface area contributed by atoms with Gasteiger partial charge in [-0.3, -0.25) is 9.59 Å². The van der Waals surface area contributed by atoms with E-state index in [1.807, 2.05) is 49.4 Å². The summed E-state index contributed by atoms with van der Waals surface area (Å²) in [5.41, 5.74) is 3.44. The van der Waals surface area contributed by atoms with Crippen molar-refractivity contribution in [3.8, 4) is 5.69 Å². The maximum Gasteiger partial charge on any atom is 0.256 e. The highest BCUT2D eigenvalue weighted by Crippen LogP contribution is 2.18. The zero-order valence-electron chi connectivity index (χ0n) is 15.7. The van der Waals surface area contributed by atoms with Crippen molar-refractivity contribution in [2.24, 2.45) is 0 Å². The molecule has 0 N–H and O–H groups in total. The minimum absolute atomic E-state index is 0.0431. The zero-order valence-corrected chi connectivity index (χ0v) is 15.7. The van der Waals surface area contributed by atoms with Gasteiger partial charge in [0, 0.05) is 19.6 Å². The Labute approximate surface area is 163 Å². The fourth-order valence-electron chi connectivity index (χ4n) is 3.32. The van der Waals surface area contributed by atoms with Gasteiger partial charge in [-0.1, -0.05) is 42.0 Å². The van der Waals surface area contributed by atoms with Crippen LogP contribution in [0.15, 0.2) is 61.2 Å². The fourth-order valence-corrected chi connectivity index (χ4v) is 3.32. The molecule has 3 aromatic rings. The second kappa shape index (κ2) is 7.64. The first-order valence-electron chi connectivity index (χ1n) is 9.18. The quantitative estimate of drug-likeness (QED) is 0.700. The molecule has 2 aromatic carbocycles. The SMILES string of the molecule is Cc1ccc(CN2CCN(C(=O)c3ccccc3-n3cncn3)CC2=O)cc1. The van der Waals surface area contributed by atoms with Gasteiger partial charge in [-0.2, -0.15) is 5.10 Å². The van der Waals surface area contributed by atoms with Crippen molar-refractivity contribution in [1.82, 2.24) is 24.6 Å². The van der Waals surface area contributed by atoms with Crippen molar-refractivity contribution in [1.29, 1.82) is 0 Å². The highest BCUT2D eigenvalue weighted by Gasteiger charge is 2.29. The van der Waals surface area contributed by atoms with Crippen molar-refractivity contribution in [2.45, 2.75) is 13.5 Å². The molecule has 0 atom stereocenters. The van der Waals surface area contributed by atoms with E-state index in [1.165, 1.54) is 11.9 Å². The van der Waals surface area contributed by atoms with Gasteiger partial charge in [-0.05, 0) is 24.6 Å². The maximum atomic E-state index is 13.1. The molecule has 2 amide bonds. The number of aryl methyl sites for hydroxylation is 1. The summed E-state index contributed by atoms with van der Waals surface area (Å²) in [5.74, 6) is -0.215. The maximum absolute atomic E-state index is 13.1. The van der Waals surface area contributed by atoms with Crippen LogP contribution in [0.2, 0.25) is 0 Å². The van der Waals surface area contributed by atoms with E-state index < -0.39 is 0 Å². The average molecular weight is 375 g/mol. The molecule has 142 valence electrons. The Hall–Kier alpha value is -3.48. The molecule has 7 nitrogen and oxygen atoms in total. The van der Waals surface area contributed by atoms with Crippen molar-refractivity contribution in [2.75, 3.05) is 19.6 Å². The summed E-state index contributed by atoms with van der Waals surface area (Å²) in [4.78, 5) is 33.0. The monoisotopic (exact) mass is 375 g/mol. The normalized spacial score (nSPS) is 14.4. The summed E-state index contributed by atoms with van der Waals surface area (Å²) in [5, 5.41) is 4.11. The third-order valence-corrected chi connectivity index (χ3v) is 4.90. The Balaban J connectivity index is 1.47. The third kappa shape index (κ3) is 3.64. The van der Waals surface area contributed by atoms with E-state index in [2.05, 4.69) is 10.1 Å². The minimum Gasteiger partial charge on any atom is -0.335 e. The highest BCUT2D eigenvalue weighted by atomic mass is 16.2. The Bertz CT molecular complexity index is 982. The highest BCUT2D eigenvalue weighted by molar-refractivity contribution is 5.99. The van der Waals surface area contributed by atoms with Crippen LogP contribution in [0.5, 0.6) is 0 Å². The number of aromatic nitrogens is 3. The average Bonchev–Trinajstić information content (AvgIpc) is 3.25. The molecular weight excluding hydrogens is 354 g/mol. The first kappa shape index (κ1) is 17.9. The second-order valence-electron chi connectivity index (χ2n) is 6.88. The van der Waals surface area contributed by atoms with Crippen molar-refractivity contribution < 1.29 is 9.59 Å². The molecule has 1 aliphatic heterocycles. The fraction of sp³-hybridized carbons (Fsp3) is 0.238. The van der Waals surface area contributed by atoms with E-state index >= 15 is 0 Å². The lowest BCUT2D eigenvalue weighted by atomic mass is 10.1. The number of nitrogens with zero attached hydrogens (tertiary/aromatic N) is 5. The molecule has 1 saturated heterocycles. The van der Waals surface area contributed by atoms with Crippen LogP contribution in [0.4, 0.5) is 0 Å². The summed E-state index contributed by atoms with van der Waals surface area (Å²) in [7, 11) is 0. The van der Waals surface area contributed by atoms with Gasteiger partial charge in [0.25, 0.3) is 5.91 Å². The number of amides is 2. The van der Waals surface area contributed by atoms with Crippen LogP contribution in [0.1, 0.15) is 21.5 Å². The molecule has 4 rings (SSSR count). The summed E-state index contributed by atoms with van der Waals surface area (Å²) in [6.07, 6.45) is 2.98. The largest absolute Gasteiger partial charge is 0.335 e. The van der Waals surface area contributed by atoms with Crippen LogP contribution in [0, 0.1) is 6.92 Å². The third-order valence-electron chi connectivity index (χ3n) is 4.90. The Kier molecular flexibility index (Phi) is 4.89. The van der Waals surface area contributed by atoms with E-state index in [9.17, 15) is 9.59 Å². The van der Waals surface area contributed by atoms with E-state index in [0.717, 1.165) is 5.56 Å². The molecule has 7 heteroatoms. The van der Waals surface area contributed by atoms with Gasteiger partial charge in [0.1, 0.15) is 19.2 Å². The topological polar surface area (TPSA) is 71.3 Å². The minimum atomic E-state index is -0.172. The Morgan fingerprint density at radius 3 is 2.57 bits per heavy atom. The second-order valence-corrected chi connectivity index (χ2v) is 6.88. The lowest BCUT2D eigenvalue weighted by Crippen LogP contribution is -2.51. The number of carbonyl (C=O) groups excluding carboxylic acids is 2. The van der Waals surface area contributed by atoms with Crippen LogP contribution in [-0.4, -0.2) is 56.0 Å². The first-order chi connectivity index (χ1) is 13.6. The number of benzene rings is 2. The van der Waals surface area contributed by atoms with Gasteiger partial charge in [0.05, 0.1) is 11.3 Å². The molecule has 0 saturated carbocycles. The summed E-state index contributed by atoms with van der Waals surface area (Å²) in [6.45, 7) is 3.70. The number of hydrogen-bond acceptors (Lipinski definition) is 4. The van der Waals surface area contributed by atoms with Gasteiger partial charge in [-0.25, -0.2) is 9.67 Å². The lowest BCUT2D eigenvalue weighted by Gasteiger charge is -2.34. The predicted molar refractivity (Wildman–Crippen MR) is 104 cm³/mol. The molecule has 2 heterocycles. The van der Waals surface area contributed by atoms with Crippen molar-refractivity contribution in [3.63, 3.8) is 0 Å². The first-order valence-corrected chi connectivity index (χ1v) is 9.18. The number of hydrogen-bond donors (Lipinski definition) is 0. The van der Waals surface area contributed by atoms with Gasteiger partial charge < -0.3 is 9.80 Å². The summed E-state index contributed by atoms with van der Waals surface area (Å²) in [6, 6.07) is 15.4. The van der Waals surface area contributed by atoms with E-state index in [-0.39, 0.29) is 18.4 Å². The van der Waals surface area contributed by atoms with Crippen LogP contribution in [-0.2, 0) is 11.3 Å². The van der Waals surface area contributed by atoms with E-state index in [0.29, 0.717) is 30.9 Å². The van der Waals surface area contributed by atoms with Gasteiger partial charge >= 0.3 is 0 Å². The Morgan fingerprint density at radius 1 is 1.07 bits per heavy atom. The van der Waals surface area contributed by atoms with Crippen LogP contribution < -0.4 is 0 Å². The number of piperazine rings is 1. The summed E-state index contributed by atoms with van der Waals surface area (Å²) >= 11 is 0. The molecule has 0 unspecified atom stereocenters. The van der Waals surface area contributed by atoms with Gasteiger partial charge in [0.2, 0.25) is 5.91 Å². The van der Waals surface area contributed by atoms with E-state index in [1.54, 1.807) is 26.9 Å². The molecule has 1 fully saturated rings. The number of para-hydroxylation sites is 1. The predicted octanol–water partition coefficient (Wildman–Crippen LogP) is 2.06. The molecule has 1 aliphatic rings. The molecule has 0 spiro atoms. The smallest absolute Gasteiger partial charge is 0.256 e. The van der Waals surface area contributed by atoms with Gasteiger partial charge in [0.15, 0.2) is 0 Å². The molecule has 1 aromatic heterocycles. The zero-order chi connectivity index (χ0) is 19.5. The molecular formula is C21H21N5O2. The summed E-state index contributed by atoms with van der Waals surface area (Å²) < 4.78 is 1.56. The van der Waals surface area contributed by atoms with Crippen molar-refractivity contribution >= 4 is 11.8 Å². The van der Waals surface area contributed by atoms with Crippen molar-refractivity contribution in [3.05, 3.63) is 77.9 Å². The number of rotatable bonds is 4. The lowest BCUT2D eigenvalue weighted by molar-refractivity contribution is -0.135. The Morgan fingerprint density at radius 2 is 1.86 bits per heavy atom. The van der Waals surface area contributed by atoms with Crippen LogP contribution >= 0.6 is 0 Å². The van der Waals surface area contributed by atoms with Crippen LogP contribution in [0.25, 0.3) is 5.69 Å². The molecule has 0 bridgehead atoms. The van der Waals surface area contributed by atoms with Crippen LogP contribution in [0.3, 0.4) is 0 Å². The van der Waals surface area contributed by atoms with Gasteiger partial charge in [-0.15, -0.1) is 0 Å². The molecule has 0 radical (unpaired) electrons. The molecule has 28 heavy (non-hydrogen) atoms.